The maximum atomic E-state index is 13.2. The van der Waals surface area contributed by atoms with E-state index in [1.165, 1.54) is 25.1 Å². The Kier molecular flexibility index (Phi) is 4.23. The lowest BCUT2D eigenvalue weighted by Gasteiger charge is -2.10. The molecule has 106 valence electrons. The maximum Gasteiger partial charge on any atom is 0.163 e. The number of halogens is 2. The first-order chi connectivity index (χ1) is 9.40. The molecule has 0 fully saturated rings. The fraction of sp³-hybridized carbons (Fsp3) is 0.286. The molecule has 0 atom stereocenters. The molecule has 0 radical (unpaired) electrons. The first-order valence-electron chi connectivity index (χ1n) is 6.01. The fourth-order valence-electron chi connectivity index (χ4n) is 1.89. The number of ether oxygens (including phenoxy) is 1. The van der Waals surface area contributed by atoms with E-state index < -0.39 is 5.82 Å². The molecule has 4 nitrogen and oxygen atoms in total. The zero-order chi connectivity index (χ0) is 14.9. The van der Waals surface area contributed by atoms with Gasteiger partial charge in [0, 0.05) is 7.05 Å². The normalized spacial score (nSPS) is 10.7. The Morgan fingerprint density at radius 1 is 1.50 bits per heavy atom. The smallest absolute Gasteiger partial charge is 0.163 e. The number of aromatic nitrogens is 2. The number of nitrogens with zero attached hydrogens (tertiary/aromatic N) is 2. The molecule has 0 amide bonds. The third kappa shape index (κ3) is 2.90. The number of carbonyl (C=O) groups is 1. The number of hydrogen-bond acceptors (Lipinski definition) is 3. The molecular formula is C14H14BrFN2O2. The zero-order valence-electron chi connectivity index (χ0n) is 11.4. The topological polar surface area (TPSA) is 44.1 Å². The molecule has 0 saturated carbocycles. The van der Waals surface area contributed by atoms with Gasteiger partial charge in [-0.15, -0.1) is 0 Å². The lowest BCUT2D eigenvalue weighted by Crippen LogP contribution is -2.06. The minimum atomic E-state index is -0.458. The lowest BCUT2D eigenvalue weighted by molar-refractivity contribution is 0.101. The summed E-state index contributed by atoms with van der Waals surface area (Å²) in [6, 6.07) is 3.91. The summed E-state index contributed by atoms with van der Waals surface area (Å²) < 4.78 is 21.4. The van der Waals surface area contributed by atoms with E-state index in [1.807, 2.05) is 14.0 Å². The van der Waals surface area contributed by atoms with Crippen LogP contribution in [0.1, 0.15) is 28.7 Å². The quantitative estimate of drug-likeness (QED) is 0.801. The Hall–Kier alpha value is -1.69. The van der Waals surface area contributed by atoms with Gasteiger partial charge in [-0.05, 0) is 48.0 Å². The fourth-order valence-corrected chi connectivity index (χ4v) is 2.34. The average molecular weight is 341 g/mol. The Bertz CT molecular complexity index is 667. The average Bonchev–Trinajstić information content (AvgIpc) is 2.62. The van der Waals surface area contributed by atoms with E-state index >= 15 is 0 Å². The van der Waals surface area contributed by atoms with Crippen molar-refractivity contribution in [1.29, 1.82) is 0 Å². The van der Waals surface area contributed by atoms with Crippen molar-refractivity contribution in [3.63, 3.8) is 0 Å². The van der Waals surface area contributed by atoms with Crippen LogP contribution in [0.15, 0.2) is 22.7 Å². The first kappa shape index (κ1) is 14.7. The molecule has 1 aromatic carbocycles. The van der Waals surface area contributed by atoms with Crippen LogP contribution in [0, 0.1) is 12.7 Å². The van der Waals surface area contributed by atoms with Crippen LogP contribution in [-0.4, -0.2) is 15.6 Å². The van der Waals surface area contributed by atoms with Crippen LogP contribution in [-0.2, 0) is 13.7 Å². The molecule has 0 N–H and O–H groups in total. The zero-order valence-corrected chi connectivity index (χ0v) is 13.0. The van der Waals surface area contributed by atoms with Crippen molar-refractivity contribution in [3.8, 4) is 5.75 Å². The molecule has 0 aliphatic carbocycles. The predicted molar refractivity (Wildman–Crippen MR) is 76.4 cm³/mol. The van der Waals surface area contributed by atoms with Crippen LogP contribution in [0.2, 0.25) is 0 Å². The van der Waals surface area contributed by atoms with Gasteiger partial charge in [0.2, 0.25) is 0 Å². The molecule has 0 aliphatic heterocycles. The second-order valence-electron chi connectivity index (χ2n) is 4.46. The molecular weight excluding hydrogens is 327 g/mol. The highest BCUT2D eigenvalue weighted by Gasteiger charge is 2.14. The molecule has 20 heavy (non-hydrogen) atoms. The van der Waals surface area contributed by atoms with E-state index in [-0.39, 0.29) is 18.0 Å². The summed E-state index contributed by atoms with van der Waals surface area (Å²) >= 11 is 3.44. The summed E-state index contributed by atoms with van der Waals surface area (Å²) in [4.78, 5) is 11.5. The van der Waals surface area contributed by atoms with Gasteiger partial charge in [0.15, 0.2) is 5.78 Å². The van der Waals surface area contributed by atoms with Crippen LogP contribution in [0.4, 0.5) is 4.39 Å². The van der Waals surface area contributed by atoms with Gasteiger partial charge in [-0.25, -0.2) is 4.39 Å². The summed E-state index contributed by atoms with van der Waals surface area (Å²) in [6.45, 7) is 3.50. The number of hydrogen-bond donors (Lipinski definition) is 0. The van der Waals surface area contributed by atoms with Crippen molar-refractivity contribution < 1.29 is 13.9 Å². The highest BCUT2D eigenvalue weighted by Crippen LogP contribution is 2.25. The van der Waals surface area contributed by atoms with E-state index in [9.17, 15) is 9.18 Å². The summed E-state index contributed by atoms with van der Waals surface area (Å²) in [5.41, 5.74) is 1.94. The lowest BCUT2D eigenvalue weighted by atomic mass is 10.1. The van der Waals surface area contributed by atoms with Crippen LogP contribution in [0.5, 0.6) is 5.75 Å². The third-order valence-corrected chi connectivity index (χ3v) is 3.98. The largest absolute Gasteiger partial charge is 0.487 e. The third-order valence-electron chi connectivity index (χ3n) is 2.95. The molecule has 0 unspecified atom stereocenters. The van der Waals surface area contributed by atoms with Gasteiger partial charge in [0.1, 0.15) is 18.2 Å². The molecule has 0 saturated heterocycles. The van der Waals surface area contributed by atoms with Crippen molar-refractivity contribution in [3.05, 3.63) is 45.4 Å². The van der Waals surface area contributed by atoms with Crippen molar-refractivity contribution >= 4 is 21.7 Å². The van der Waals surface area contributed by atoms with Gasteiger partial charge in [-0.2, -0.15) is 5.10 Å². The summed E-state index contributed by atoms with van der Waals surface area (Å²) in [7, 11) is 1.81. The highest BCUT2D eigenvalue weighted by atomic mass is 79.9. The van der Waals surface area contributed by atoms with Crippen molar-refractivity contribution in [2.45, 2.75) is 20.5 Å². The first-order valence-corrected chi connectivity index (χ1v) is 6.80. The van der Waals surface area contributed by atoms with Gasteiger partial charge in [-0.3, -0.25) is 9.48 Å². The molecule has 1 heterocycles. The van der Waals surface area contributed by atoms with Gasteiger partial charge in [0.05, 0.1) is 21.4 Å². The van der Waals surface area contributed by atoms with Gasteiger partial charge in [0.25, 0.3) is 0 Å². The van der Waals surface area contributed by atoms with Crippen LogP contribution < -0.4 is 4.74 Å². The standard InChI is InChI=1S/C14H14BrFN2O2/c1-8-14(15)12(18(3)17-8)7-20-13-5-4-10(16)6-11(13)9(2)19/h4-6H,7H2,1-3H3. The van der Waals surface area contributed by atoms with E-state index in [0.29, 0.717) is 5.75 Å². The Labute approximate surface area is 124 Å². The molecule has 0 spiro atoms. The molecule has 1 aromatic heterocycles. The van der Waals surface area contributed by atoms with Crippen LogP contribution in [0.3, 0.4) is 0 Å². The molecule has 2 aromatic rings. The van der Waals surface area contributed by atoms with E-state index in [1.54, 1.807) is 4.68 Å². The molecule has 6 heteroatoms. The van der Waals surface area contributed by atoms with E-state index in [0.717, 1.165) is 15.9 Å². The van der Waals surface area contributed by atoms with Gasteiger partial charge < -0.3 is 4.74 Å². The number of rotatable bonds is 4. The second kappa shape index (κ2) is 5.75. The molecule has 2 rings (SSSR count). The number of ketones is 1. The van der Waals surface area contributed by atoms with Crippen molar-refractivity contribution in [1.82, 2.24) is 9.78 Å². The number of aryl methyl sites for hydroxylation is 2. The summed E-state index contributed by atoms with van der Waals surface area (Å²) in [5, 5.41) is 4.26. The molecule has 0 bridgehead atoms. The van der Waals surface area contributed by atoms with Gasteiger partial charge >= 0.3 is 0 Å². The van der Waals surface area contributed by atoms with Crippen molar-refractivity contribution in [2.75, 3.05) is 0 Å². The van der Waals surface area contributed by atoms with E-state index in [4.69, 9.17) is 4.74 Å². The minimum absolute atomic E-state index is 0.236. The number of Topliss-reactive ketones (excluding diaryl/α,β-unsaturated/α-hetero) is 1. The van der Waals surface area contributed by atoms with Crippen LogP contribution in [0.25, 0.3) is 0 Å². The highest BCUT2D eigenvalue weighted by molar-refractivity contribution is 9.10. The Morgan fingerprint density at radius 2 is 2.20 bits per heavy atom. The summed E-state index contributed by atoms with van der Waals surface area (Å²) in [5.74, 6) is -0.329. The van der Waals surface area contributed by atoms with Crippen molar-refractivity contribution in [2.24, 2.45) is 7.05 Å². The maximum absolute atomic E-state index is 13.2. The Morgan fingerprint density at radius 3 is 2.75 bits per heavy atom. The number of benzene rings is 1. The van der Waals surface area contributed by atoms with Gasteiger partial charge in [-0.1, -0.05) is 0 Å². The number of carbonyl (C=O) groups excluding carboxylic acids is 1. The monoisotopic (exact) mass is 340 g/mol. The van der Waals surface area contributed by atoms with Crippen LogP contribution >= 0.6 is 15.9 Å². The Balaban J connectivity index is 2.25. The minimum Gasteiger partial charge on any atom is -0.487 e. The summed E-state index contributed by atoms with van der Waals surface area (Å²) in [6.07, 6.45) is 0. The second-order valence-corrected chi connectivity index (χ2v) is 5.25. The SMILES string of the molecule is CC(=O)c1cc(F)ccc1OCc1c(Br)c(C)nn1C. The molecule has 0 aliphatic rings. The predicted octanol–water partition coefficient (Wildman–Crippen LogP) is 3.41. The van der Waals surface area contributed by atoms with E-state index in [2.05, 4.69) is 21.0 Å².